The molecule has 0 atom stereocenters. The lowest BCUT2D eigenvalue weighted by Crippen LogP contribution is -2.36. The Bertz CT molecular complexity index is 780. The third-order valence-corrected chi connectivity index (χ3v) is 5.15. The van der Waals surface area contributed by atoms with Crippen molar-refractivity contribution in [2.75, 3.05) is 26.9 Å². The molecule has 1 heterocycles. The Morgan fingerprint density at radius 3 is 2.73 bits per heavy atom. The molecule has 0 aliphatic rings. The predicted molar refractivity (Wildman–Crippen MR) is 136 cm³/mol. The lowest BCUT2D eigenvalue weighted by Gasteiger charge is -2.13. The fourth-order valence-corrected chi connectivity index (χ4v) is 3.79. The summed E-state index contributed by atoms with van der Waals surface area (Å²) in [5.41, 5.74) is 2.22. The summed E-state index contributed by atoms with van der Waals surface area (Å²) >= 11 is 1.76. The number of aryl methyl sites for hydroxylation is 1. The van der Waals surface area contributed by atoms with Gasteiger partial charge in [0.2, 0.25) is 0 Å². The molecule has 0 saturated carbocycles. The van der Waals surface area contributed by atoms with Gasteiger partial charge in [-0.1, -0.05) is 26.0 Å². The van der Waals surface area contributed by atoms with Crippen LogP contribution in [0.25, 0.3) is 0 Å². The number of benzene rings is 1. The van der Waals surface area contributed by atoms with Crippen LogP contribution >= 0.6 is 35.3 Å². The van der Waals surface area contributed by atoms with E-state index in [2.05, 4.69) is 61.5 Å². The van der Waals surface area contributed by atoms with Gasteiger partial charge < -0.3 is 20.1 Å². The quantitative estimate of drug-likeness (QED) is 0.187. The van der Waals surface area contributed by atoms with E-state index >= 15 is 0 Å². The van der Waals surface area contributed by atoms with Gasteiger partial charge in [0.15, 0.2) is 5.96 Å². The number of guanidine groups is 1. The van der Waals surface area contributed by atoms with Gasteiger partial charge in [-0.15, -0.1) is 35.3 Å². The molecule has 1 aromatic heterocycles. The number of aliphatic imine (C=N–C) groups is 1. The van der Waals surface area contributed by atoms with Crippen LogP contribution in [0.15, 0.2) is 29.4 Å². The molecule has 0 fully saturated rings. The van der Waals surface area contributed by atoms with Gasteiger partial charge >= 0.3 is 0 Å². The van der Waals surface area contributed by atoms with Crippen molar-refractivity contribution < 1.29 is 9.47 Å². The Balaban J connectivity index is 0.00000450. The Labute approximate surface area is 201 Å². The lowest BCUT2D eigenvalue weighted by atomic mass is 10.1. The second kappa shape index (κ2) is 14.6. The van der Waals surface area contributed by atoms with Crippen LogP contribution < -0.4 is 15.4 Å². The van der Waals surface area contributed by atoms with Gasteiger partial charge in [0.1, 0.15) is 12.4 Å². The minimum absolute atomic E-state index is 0. The normalized spacial score (nSPS) is 11.3. The summed E-state index contributed by atoms with van der Waals surface area (Å²) in [7, 11) is 1.67. The fraction of sp³-hybridized carbons (Fsp3) is 0.545. The molecule has 0 unspecified atom stereocenters. The fourth-order valence-electron chi connectivity index (χ4n) is 2.71. The molecule has 30 heavy (non-hydrogen) atoms. The average molecular weight is 547 g/mol. The highest BCUT2D eigenvalue weighted by molar-refractivity contribution is 14.0. The van der Waals surface area contributed by atoms with Gasteiger partial charge in [-0.3, -0.25) is 0 Å². The highest BCUT2D eigenvalue weighted by Gasteiger charge is 2.07. The Hall–Kier alpha value is -1.39. The average Bonchev–Trinajstić information content (AvgIpc) is 3.12. The van der Waals surface area contributed by atoms with Gasteiger partial charge in [-0.2, -0.15) is 0 Å². The molecule has 0 radical (unpaired) electrons. The number of rotatable bonds is 11. The van der Waals surface area contributed by atoms with Crippen LogP contribution in [0, 0.1) is 12.8 Å². The first-order chi connectivity index (χ1) is 14.0. The monoisotopic (exact) mass is 546 g/mol. The second-order valence-corrected chi connectivity index (χ2v) is 8.52. The number of halogens is 1. The number of nitrogens with one attached hydrogen (secondary N) is 2. The van der Waals surface area contributed by atoms with Crippen LogP contribution in [-0.2, 0) is 24.2 Å². The molecule has 0 saturated heterocycles. The first-order valence-electron chi connectivity index (χ1n) is 10.2. The van der Waals surface area contributed by atoms with Crippen LogP contribution in [-0.4, -0.2) is 37.8 Å². The smallest absolute Gasteiger partial charge is 0.191 e. The minimum Gasteiger partial charge on any atom is -0.491 e. The Morgan fingerprint density at radius 1 is 1.23 bits per heavy atom. The minimum atomic E-state index is 0. The highest BCUT2D eigenvalue weighted by atomic mass is 127. The topological polar surface area (TPSA) is 67.8 Å². The van der Waals surface area contributed by atoms with E-state index in [1.807, 2.05) is 6.20 Å². The summed E-state index contributed by atoms with van der Waals surface area (Å²) in [6, 6.07) is 6.21. The zero-order chi connectivity index (χ0) is 21.1. The first-order valence-corrected chi connectivity index (χ1v) is 11.0. The SMILES string of the molecule is CCNC(=NCc1ccc(C)cc1OCCOC)NCc1cnc(CC(C)C)s1.I. The number of methoxy groups -OCH3 is 1. The molecule has 6 nitrogen and oxygen atoms in total. The third kappa shape index (κ3) is 9.61. The van der Waals surface area contributed by atoms with Crippen molar-refractivity contribution in [1.29, 1.82) is 0 Å². The highest BCUT2D eigenvalue weighted by Crippen LogP contribution is 2.21. The zero-order valence-corrected chi connectivity index (χ0v) is 21.8. The van der Waals surface area contributed by atoms with Gasteiger partial charge in [-0.05, 0) is 31.4 Å². The summed E-state index contributed by atoms with van der Waals surface area (Å²) in [6.45, 7) is 11.7. The van der Waals surface area contributed by atoms with E-state index < -0.39 is 0 Å². The van der Waals surface area contributed by atoms with Crippen molar-refractivity contribution in [2.45, 2.75) is 47.2 Å². The van der Waals surface area contributed by atoms with E-state index in [0.29, 0.717) is 32.2 Å². The predicted octanol–water partition coefficient (Wildman–Crippen LogP) is 4.55. The molecule has 0 bridgehead atoms. The van der Waals surface area contributed by atoms with Crippen LogP contribution in [0.1, 0.15) is 41.8 Å². The van der Waals surface area contributed by atoms with Crippen molar-refractivity contribution in [3.8, 4) is 5.75 Å². The van der Waals surface area contributed by atoms with E-state index in [0.717, 1.165) is 35.8 Å². The maximum absolute atomic E-state index is 5.87. The third-order valence-electron chi connectivity index (χ3n) is 4.13. The van der Waals surface area contributed by atoms with Crippen LogP contribution in [0.4, 0.5) is 0 Å². The van der Waals surface area contributed by atoms with Crippen molar-refractivity contribution in [2.24, 2.45) is 10.9 Å². The summed E-state index contributed by atoms with van der Waals surface area (Å²) in [4.78, 5) is 10.5. The van der Waals surface area contributed by atoms with E-state index in [1.165, 1.54) is 9.88 Å². The lowest BCUT2D eigenvalue weighted by molar-refractivity contribution is 0.145. The standard InChI is InChI=1S/C22H34N4O2S.HI/c1-6-23-22(26-15-19-14-24-21(29-19)11-16(2)3)25-13-18-8-7-17(4)12-20(18)28-10-9-27-5;/h7-8,12,14,16H,6,9-11,13,15H2,1-5H3,(H2,23,25,26);1H. The number of nitrogens with zero attached hydrogens (tertiary/aromatic N) is 2. The molecule has 0 aliphatic carbocycles. The maximum Gasteiger partial charge on any atom is 0.191 e. The van der Waals surface area contributed by atoms with Gasteiger partial charge in [-0.25, -0.2) is 9.98 Å². The van der Waals surface area contributed by atoms with Crippen molar-refractivity contribution in [3.63, 3.8) is 0 Å². The van der Waals surface area contributed by atoms with E-state index in [9.17, 15) is 0 Å². The van der Waals surface area contributed by atoms with Gasteiger partial charge in [0, 0.05) is 36.7 Å². The van der Waals surface area contributed by atoms with Crippen molar-refractivity contribution in [3.05, 3.63) is 45.4 Å². The summed E-state index contributed by atoms with van der Waals surface area (Å²) in [5, 5.41) is 7.90. The van der Waals surface area contributed by atoms with Crippen LogP contribution in [0.5, 0.6) is 5.75 Å². The molecule has 0 aliphatic heterocycles. The van der Waals surface area contributed by atoms with Gasteiger partial charge in [0.25, 0.3) is 0 Å². The summed E-state index contributed by atoms with van der Waals surface area (Å²) in [5.74, 6) is 2.27. The van der Waals surface area contributed by atoms with Crippen LogP contribution in [0.3, 0.4) is 0 Å². The Kier molecular flexibility index (Phi) is 13.0. The maximum atomic E-state index is 5.87. The molecule has 1 aromatic carbocycles. The summed E-state index contributed by atoms with van der Waals surface area (Å²) < 4.78 is 11.0. The molecule has 0 spiro atoms. The van der Waals surface area contributed by atoms with E-state index in [-0.39, 0.29) is 24.0 Å². The second-order valence-electron chi connectivity index (χ2n) is 7.32. The molecule has 2 N–H and O–H groups in total. The first kappa shape index (κ1) is 26.6. The molecule has 168 valence electrons. The number of aromatic nitrogens is 1. The van der Waals surface area contributed by atoms with Crippen molar-refractivity contribution in [1.82, 2.24) is 15.6 Å². The largest absolute Gasteiger partial charge is 0.491 e. The molecule has 8 heteroatoms. The van der Waals surface area contributed by atoms with E-state index in [1.54, 1.807) is 18.4 Å². The van der Waals surface area contributed by atoms with Crippen molar-refractivity contribution >= 4 is 41.3 Å². The molecule has 2 aromatic rings. The Morgan fingerprint density at radius 2 is 2.03 bits per heavy atom. The molecular formula is C22H35IN4O2S. The van der Waals surface area contributed by atoms with E-state index in [4.69, 9.17) is 14.5 Å². The molecular weight excluding hydrogens is 511 g/mol. The number of hydrogen-bond donors (Lipinski definition) is 2. The number of thiazole rings is 1. The number of ether oxygens (including phenoxy) is 2. The van der Waals surface area contributed by atoms with Gasteiger partial charge in [0.05, 0.1) is 24.7 Å². The molecule has 2 rings (SSSR count). The molecule has 0 amide bonds. The van der Waals surface area contributed by atoms with Crippen LogP contribution in [0.2, 0.25) is 0 Å². The summed E-state index contributed by atoms with van der Waals surface area (Å²) in [6.07, 6.45) is 2.98. The zero-order valence-electron chi connectivity index (χ0n) is 18.7. The number of hydrogen-bond acceptors (Lipinski definition) is 5.